The second-order valence-corrected chi connectivity index (χ2v) is 15.0. The molecule has 2 heterocycles. The molecular formula is C34H39F2N3O2S. The Bertz CT molecular complexity index is 1460. The molecule has 1 atom stereocenters. The summed E-state index contributed by atoms with van der Waals surface area (Å²) in [5, 5.41) is 3.62. The lowest BCUT2D eigenvalue weighted by Crippen LogP contribution is -2.50. The van der Waals surface area contributed by atoms with Crippen LogP contribution in [0.2, 0.25) is 0 Å². The van der Waals surface area contributed by atoms with Gasteiger partial charge in [0.2, 0.25) is 11.8 Å². The lowest BCUT2D eigenvalue weighted by atomic mass is 9.53. The van der Waals surface area contributed by atoms with Crippen LogP contribution in [-0.4, -0.2) is 28.3 Å². The number of benzene rings is 1. The van der Waals surface area contributed by atoms with Crippen molar-refractivity contribution in [2.24, 2.45) is 11.3 Å². The number of hydrogen-bond acceptors (Lipinski definition) is 5. The van der Waals surface area contributed by atoms with Crippen LogP contribution in [0.25, 0.3) is 11.3 Å². The molecule has 1 aromatic carbocycles. The molecule has 6 fully saturated rings. The molecule has 9 rings (SSSR count). The van der Waals surface area contributed by atoms with Gasteiger partial charge in [0, 0.05) is 59.7 Å². The van der Waals surface area contributed by atoms with Crippen molar-refractivity contribution in [1.29, 1.82) is 0 Å². The predicted molar refractivity (Wildman–Crippen MR) is 159 cm³/mol. The third-order valence-corrected chi connectivity index (χ3v) is 12.1. The Morgan fingerprint density at radius 3 is 2.43 bits per heavy atom. The topological polar surface area (TPSA) is 59.2 Å². The van der Waals surface area contributed by atoms with E-state index in [1.807, 2.05) is 40.5 Å². The number of hydrogen-bond donors (Lipinski definition) is 0. The van der Waals surface area contributed by atoms with Gasteiger partial charge in [-0.2, -0.15) is 0 Å². The van der Waals surface area contributed by atoms with Crippen molar-refractivity contribution < 1.29 is 18.0 Å². The Morgan fingerprint density at radius 2 is 1.74 bits per heavy atom. The lowest BCUT2D eigenvalue weighted by molar-refractivity contribution is -0.120. The molecule has 0 saturated heterocycles. The number of anilines is 1. The number of fused-ring (bicyclic) bond motifs is 3. The molecule has 0 N–H and O–H groups in total. The Balaban J connectivity index is 1.04. The number of halogens is 2. The van der Waals surface area contributed by atoms with Gasteiger partial charge in [0.05, 0.1) is 10.7 Å². The number of aromatic nitrogens is 2. The van der Waals surface area contributed by atoms with Crippen LogP contribution in [0, 0.1) is 11.3 Å². The van der Waals surface area contributed by atoms with E-state index in [9.17, 15) is 13.6 Å². The molecule has 6 saturated carbocycles. The molecule has 0 spiro atoms. The summed E-state index contributed by atoms with van der Waals surface area (Å²) < 4.78 is 33.8. The molecule has 5 nitrogen and oxygen atoms in total. The van der Waals surface area contributed by atoms with Crippen molar-refractivity contribution >= 4 is 22.9 Å². The van der Waals surface area contributed by atoms with E-state index in [1.165, 1.54) is 23.5 Å². The SMILES string of the molecule is O=C(CC1CCC(F)(F)C1)N(CC12CCC(c3nc(C4CC4)cs3)(CC1)CC2)c1cccc(-c2coc(C3CC3)n2)c1. The van der Waals surface area contributed by atoms with Crippen molar-refractivity contribution in [3.8, 4) is 11.3 Å². The number of alkyl halides is 2. The second kappa shape index (κ2) is 9.96. The highest BCUT2D eigenvalue weighted by Gasteiger charge is 2.52. The van der Waals surface area contributed by atoms with Crippen molar-refractivity contribution in [2.75, 3.05) is 11.4 Å². The largest absolute Gasteiger partial charge is 0.448 e. The minimum Gasteiger partial charge on any atom is -0.448 e. The smallest absolute Gasteiger partial charge is 0.248 e. The van der Waals surface area contributed by atoms with E-state index in [1.54, 1.807) is 6.26 Å². The summed E-state index contributed by atoms with van der Waals surface area (Å²) in [4.78, 5) is 25.8. The van der Waals surface area contributed by atoms with Crippen molar-refractivity contribution in [3.05, 3.63) is 52.5 Å². The van der Waals surface area contributed by atoms with E-state index in [0.717, 1.165) is 74.2 Å². The average Bonchev–Trinajstić information content (AvgIpc) is 3.90. The maximum atomic E-state index is 14.0. The maximum absolute atomic E-state index is 14.0. The van der Waals surface area contributed by atoms with Crippen LogP contribution < -0.4 is 4.90 Å². The summed E-state index contributed by atoms with van der Waals surface area (Å²) in [5.41, 5.74) is 4.09. The van der Waals surface area contributed by atoms with Gasteiger partial charge in [-0.15, -0.1) is 11.3 Å². The van der Waals surface area contributed by atoms with Crippen molar-refractivity contribution in [1.82, 2.24) is 9.97 Å². The molecule has 8 heteroatoms. The van der Waals surface area contributed by atoms with Crippen LogP contribution in [0.15, 0.2) is 40.3 Å². The molecular weight excluding hydrogens is 552 g/mol. The molecule has 0 aliphatic heterocycles. The van der Waals surface area contributed by atoms with Gasteiger partial charge in [0.15, 0.2) is 5.89 Å². The van der Waals surface area contributed by atoms with Gasteiger partial charge >= 0.3 is 0 Å². The fourth-order valence-electron chi connectivity index (χ4n) is 7.92. The molecule has 2 aromatic heterocycles. The van der Waals surface area contributed by atoms with Gasteiger partial charge in [-0.25, -0.2) is 18.7 Å². The summed E-state index contributed by atoms with van der Waals surface area (Å²) in [6, 6.07) is 8.02. The number of amides is 1. The van der Waals surface area contributed by atoms with Crippen molar-refractivity contribution in [2.45, 2.75) is 113 Å². The summed E-state index contributed by atoms with van der Waals surface area (Å²) in [6.07, 6.45) is 13.4. The van der Waals surface area contributed by atoms with Gasteiger partial charge in [-0.1, -0.05) is 12.1 Å². The molecule has 1 amide bonds. The first-order valence-corrected chi connectivity index (χ1v) is 16.9. The number of thiazole rings is 1. The average molecular weight is 592 g/mol. The molecule has 222 valence electrons. The first-order chi connectivity index (χ1) is 20.3. The first-order valence-electron chi connectivity index (χ1n) is 16.0. The fraction of sp³-hybridized carbons (Fsp3) is 0.618. The molecule has 1 unspecified atom stereocenters. The van der Waals surface area contributed by atoms with E-state index in [-0.39, 0.29) is 41.9 Å². The monoisotopic (exact) mass is 591 g/mol. The maximum Gasteiger partial charge on any atom is 0.248 e. The van der Waals surface area contributed by atoms with Crippen LogP contribution in [0.1, 0.15) is 118 Å². The van der Waals surface area contributed by atoms with Crippen LogP contribution in [0.4, 0.5) is 14.5 Å². The van der Waals surface area contributed by atoms with E-state index >= 15 is 0 Å². The normalized spacial score (nSPS) is 30.1. The Labute approximate surface area is 250 Å². The van der Waals surface area contributed by atoms with Gasteiger partial charge in [-0.3, -0.25) is 4.79 Å². The minimum atomic E-state index is -2.65. The molecule has 3 aromatic rings. The third kappa shape index (κ3) is 5.11. The Hall–Kier alpha value is -2.61. The number of oxazole rings is 1. The standard InChI is InChI=1S/C34H39F2N3O2S/c35-34(36)9-8-22(18-34)16-29(40)39(26-3-1-2-25(17-26)27-19-41-30(37-27)24-6-7-24)21-32-10-13-33(14-11-32,15-12-32)31-38-28(20-42-31)23-4-5-23/h1-3,17,19-20,22-24H,4-16,18,21H2. The lowest BCUT2D eigenvalue weighted by Gasteiger charge is -2.54. The molecule has 42 heavy (non-hydrogen) atoms. The minimum absolute atomic E-state index is 0.0283. The fourth-order valence-corrected chi connectivity index (χ4v) is 9.11. The predicted octanol–water partition coefficient (Wildman–Crippen LogP) is 9.00. The highest BCUT2D eigenvalue weighted by atomic mass is 32.1. The molecule has 0 radical (unpaired) electrons. The highest BCUT2D eigenvalue weighted by molar-refractivity contribution is 7.09. The summed E-state index contributed by atoms with van der Waals surface area (Å²) >= 11 is 1.86. The van der Waals surface area contributed by atoms with Crippen molar-refractivity contribution in [3.63, 3.8) is 0 Å². The van der Waals surface area contributed by atoms with Gasteiger partial charge in [0.25, 0.3) is 0 Å². The number of carbonyl (C=O) groups excluding carboxylic acids is 1. The van der Waals surface area contributed by atoms with E-state index in [0.29, 0.717) is 24.8 Å². The van der Waals surface area contributed by atoms with Gasteiger partial charge < -0.3 is 9.32 Å². The number of rotatable bonds is 9. The quantitative estimate of drug-likeness (QED) is 0.249. The Morgan fingerprint density at radius 1 is 0.976 bits per heavy atom. The molecule has 2 bridgehead atoms. The van der Waals surface area contributed by atoms with E-state index < -0.39 is 5.92 Å². The van der Waals surface area contributed by atoms with Crippen LogP contribution >= 0.6 is 11.3 Å². The van der Waals surface area contributed by atoms with E-state index in [4.69, 9.17) is 14.4 Å². The first kappa shape index (κ1) is 27.0. The van der Waals surface area contributed by atoms with Crippen LogP contribution in [0.5, 0.6) is 0 Å². The number of nitrogens with zero attached hydrogens (tertiary/aromatic N) is 3. The zero-order valence-electron chi connectivity index (χ0n) is 24.1. The second-order valence-electron chi connectivity index (χ2n) is 14.2. The Kier molecular flexibility index (Phi) is 6.40. The van der Waals surface area contributed by atoms with Crippen LogP contribution in [-0.2, 0) is 10.2 Å². The molecule has 6 aliphatic carbocycles. The zero-order valence-corrected chi connectivity index (χ0v) is 24.9. The summed E-state index contributed by atoms with van der Waals surface area (Å²) in [7, 11) is 0. The zero-order chi connectivity index (χ0) is 28.5. The summed E-state index contributed by atoms with van der Waals surface area (Å²) in [5.74, 6) is -1.03. The summed E-state index contributed by atoms with van der Waals surface area (Å²) in [6.45, 7) is 0.645. The molecule has 6 aliphatic rings. The van der Waals surface area contributed by atoms with E-state index in [2.05, 4.69) is 5.38 Å². The third-order valence-electron chi connectivity index (χ3n) is 11.0. The van der Waals surface area contributed by atoms with Gasteiger partial charge in [0.1, 0.15) is 12.0 Å². The van der Waals surface area contributed by atoms with Gasteiger partial charge in [-0.05, 0) is 94.1 Å². The number of carbonyl (C=O) groups is 1. The van der Waals surface area contributed by atoms with Crippen LogP contribution in [0.3, 0.4) is 0 Å². The highest BCUT2D eigenvalue weighted by Crippen LogP contribution is 2.59.